The van der Waals surface area contributed by atoms with Crippen LogP contribution in [0.1, 0.15) is 78.6 Å². The standard InChI is InChI=1S/C23H44N4/c1-19(2)26-13-6-10-23(18-26)16-21(7-12-25-23)15-20(3)27-14-5-9-22(17-27)8-4-11-24-22/h19-21,24-25H,4-18H2,1-3H3. The molecule has 2 N–H and O–H groups in total. The average Bonchev–Trinajstić information content (AvgIpc) is 3.09. The van der Waals surface area contributed by atoms with Gasteiger partial charge in [-0.1, -0.05) is 0 Å². The zero-order valence-corrected chi connectivity index (χ0v) is 18.2. The fraction of sp³-hybridized carbons (Fsp3) is 1.00. The first-order valence-corrected chi connectivity index (χ1v) is 12.0. The van der Waals surface area contributed by atoms with Crippen molar-refractivity contribution < 1.29 is 0 Å². The Kier molecular flexibility index (Phi) is 6.18. The predicted octanol–water partition coefficient (Wildman–Crippen LogP) is 3.23. The van der Waals surface area contributed by atoms with E-state index in [4.69, 9.17) is 0 Å². The lowest BCUT2D eigenvalue weighted by molar-refractivity contribution is 0.0436. The molecule has 27 heavy (non-hydrogen) atoms. The molecular weight excluding hydrogens is 332 g/mol. The second-order valence-electron chi connectivity index (χ2n) is 10.7. The van der Waals surface area contributed by atoms with Gasteiger partial charge in [0, 0.05) is 36.3 Å². The number of rotatable bonds is 4. The first-order valence-electron chi connectivity index (χ1n) is 12.0. The number of nitrogens with one attached hydrogen (secondary N) is 2. The molecule has 0 bridgehead atoms. The molecule has 4 heterocycles. The molecule has 0 aromatic heterocycles. The largest absolute Gasteiger partial charge is 0.310 e. The van der Waals surface area contributed by atoms with Crippen LogP contribution in [-0.4, -0.2) is 72.2 Å². The fourth-order valence-corrected chi connectivity index (χ4v) is 6.78. The van der Waals surface area contributed by atoms with Crippen LogP contribution in [0.5, 0.6) is 0 Å². The van der Waals surface area contributed by atoms with E-state index in [0.29, 0.717) is 17.1 Å². The Bertz CT molecular complexity index is 483. The summed E-state index contributed by atoms with van der Waals surface area (Å²) in [5.41, 5.74) is 0.865. The highest BCUT2D eigenvalue weighted by molar-refractivity contribution is 5.01. The summed E-state index contributed by atoms with van der Waals surface area (Å²) in [5.74, 6) is 0.905. The van der Waals surface area contributed by atoms with E-state index in [2.05, 4.69) is 41.2 Å². The van der Waals surface area contributed by atoms with Gasteiger partial charge < -0.3 is 10.6 Å². The Balaban J connectivity index is 1.33. The molecular formula is C23H44N4. The quantitative estimate of drug-likeness (QED) is 0.789. The van der Waals surface area contributed by atoms with Gasteiger partial charge in [-0.05, 0) is 111 Å². The van der Waals surface area contributed by atoms with Crippen molar-refractivity contribution in [3.8, 4) is 0 Å². The molecule has 4 nitrogen and oxygen atoms in total. The van der Waals surface area contributed by atoms with Crippen molar-refractivity contribution in [2.24, 2.45) is 5.92 Å². The van der Waals surface area contributed by atoms with E-state index >= 15 is 0 Å². The zero-order valence-electron chi connectivity index (χ0n) is 18.2. The van der Waals surface area contributed by atoms with Gasteiger partial charge in [0.1, 0.15) is 0 Å². The lowest BCUT2D eigenvalue weighted by Gasteiger charge is -2.50. The van der Waals surface area contributed by atoms with Crippen LogP contribution in [0.4, 0.5) is 0 Å². The van der Waals surface area contributed by atoms with Crippen LogP contribution in [-0.2, 0) is 0 Å². The Morgan fingerprint density at radius 1 is 0.852 bits per heavy atom. The van der Waals surface area contributed by atoms with Crippen molar-refractivity contribution in [2.75, 3.05) is 39.3 Å². The van der Waals surface area contributed by atoms with Crippen LogP contribution in [0.3, 0.4) is 0 Å². The summed E-state index contributed by atoms with van der Waals surface area (Å²) in [4.78, 5) is 5.54. The molecule has 0 aromatic rings. The molecule has 4 aliphatic heterocycles. The first kappa shape index (κ1) is 20.1. The van der Waals surface area contributed by atoms with E-state index < -0.39 is 0 Å². The third-order valence-corrected chi connectivity index (χ3v) is 8.31. The van der Waals surface area contributed by atoms with Gasteiger partial charge >= 0.3 is 0 Å². The Hall–Kier alpha value is -0.160. The third-order valence-electron chi connectivity index (χ3n) is 8.31. The lowest BCUT2D eigenvalue weighted by Crippen LogP contribution is -2.61. The van der Waals surface area contributed by atoms with Crippen LogP contribution in [0, 0.1) is 5.92 Å². The van der Waals surface area contributed by atoms with Crippen molar-refractivity contribution in [3.63, 3.8) is 0 Å². The monoisotopic (exact) mass is 376 g/mol. The van der Waals surface area contributed by atoms with Crippen LogP contribution in [0.25, 0.3) is 0 Å². The van der Waals surface area contributed by atoms with Gasteiger partial charge in [-0.2, -0.15) is 0 Å². The van der Waals surface area contributed by atoms with Gasteiger partial charge in [0.15, 0.2) is 0 Å². The normalized spacial score (nSPS) is 40.2. The molecule has 4 heteroatoms. The molecule has 4 saturated heterocycles. The van der Waals surface area contributed by atoms with Crippen molar-refractivity contribution in [1.29, 1.82) is 0 Å². The smallest absolute Gasteiger partial charge is 0.0312 e. The molecule has 0 amide bonds. The van der Waals surface area contributed by atoms with E-state index in [1.807, 2.05) is 0 Å². The van der Waals surface area contributed by atoms with Gasteiger partial charge in [0.2, 0.25) is 0 Å². The minimum atomic E-state index is 0.404. The number of hydrogen-bond acceptors (Lipinski definition) is 4. The van der Waals surface area contributed by atoms with Gasteiger partial charge in [0.25, 0.3) is 0 Å². The number of nitrogens with zero attached hydrogens (tertiary/aromatic N) is 2. The minimum absolute atomic E-state index is 0.404. The van der Waals surface area contributed by atoms with Crippen LogP contribution in [0.2, 0.25) is 0 Å². The van der Waals surface area contributed by atoms with Crippen molar-refractivity contribution >= 4 is 0 Å². The van der Waals surface area contributed by atoms with Crippen LogP contribution >= 0.6 is 0 Å². The number of hydrogen-bond donors (Lipinski definition) is 2. The van der Waals surface area contributed by atoms with E-state index in [1.165, 1.54) is 97.1 Å². The average molecular weight is 377 g/mol. The van der Waals surface area contributed by atoms with Gasteiger partial charge in [0.05, 0.1) is 0 Å². The molecule has 0 saturated carbocycles. The highest BCUT2D eigenvalue weighted by atomic mass is 15.2. The topological polar surface area (TPSA) is 30.5 Å². The minimum Gasteiger partial charge on any atom is -0.310 e. The Morgan fingerprint density at radius 2 is 1.52 bits per heavy atom. The van der Waals surface area contributed by atoms with Gasteiger partial charge in [-0.15, -0.1) is 0 Å². The molecule has 2 spiro atoms. The maximum Gasteiger partial charge on any atom is 0.0312 e. The highest BCUT2D eigenvalue weighted by Gasteiger charge is 2.42. The SMILES string of the molecule is CC(C)N1CCCC2(CC(CC(C)N3CCCC4(CCCN4)C3)CCN2)C1. The first-order chi connectivity index (χ1) is 13.0. The molecule has 4 rings (SSSR count). The molecule has 4 fully saturated rings. The van der Waals surface area contributed by atoms with Crippen molar-refractivity contribution in [1.82, 2.24) is 20.4 Å². The van der Waals surface area contributed by atoms with Crippen LogP contribution in [0.15, 0.2) is 0 Å². The summed E-state index contributed by atoms with van der Waals surface area (Å²) in [5, 5.41) is 7.84. The summed E-state index contributed by atoms with van der Waals surface area (Å²) < 4.78 is 0. The summed E-state index contributed by atoms with van der Waals surface area (Å²) in [6, 6.07) is 1.43. The summed E-state index contributed by atoms with van der Waals surface area (Å²) in [7, 11) is 0. The van der Waals surface area contributed by atoms with Gasteiger partial charge in [-0.3, -0.25) is 9.80 Å². The number of likely N-dealkylation sites (tertiary alicyclic amines) is 2. The molecule has 156 valence electrons. The predicted molar refractivity (Wildman–Crippen MR) is 114 cm³/mol. The fourth-order valence-electron chi connectivity index (χ4n) is 6.78. The molecule has 4 atom stereocenters. The van der Waals surface area contributed by atoms with Crippen molar-refractivity contribution in [2.45, 2.75) is 102 Å². The maximum atomic E-state index is 3.98. The highest BCUT2D eigenvalue weighted by Crippen LogP contribution is 2.37. The number of piperidine rings is 3. The Morgan fingerprint density at radius 3 is 2.26 bits per heavy atom. The van der Waals surface area contributed by atoms with E-state index in [1.54, 1.807) is 0 Å². The van der Waals surface area contributed by atoms with Gasteiger partial charge in [-0.25, -0.2) is 0 Å². The molecule has 4 aliphatic rings. The van der Waals surface area contributed by atoms with E-state index in [0.717, 1.165) is 12.0 Å². The van der Waals surface area contributed by atoms with E-state index in [9.17, 15) is 0 Å². The Labute approximate surface area is 167 Å². The molecule has 0 aliphatic carbocycles. The molecule has 0 aromatic carbocycles. The summed E-state index contributed by atoms with van der Waals surface area (Å²) in [6.07, 6.45) is 12.5. The summed E-state index contributed by atoms with van der Waals surface area (Å²) in [6.45, 7) is 14.9. The third kappa shape index (κ3) is 4.55. The second-order valence-corrected chi connectivity index (χ2v) is 10.7. The van der Waals surface area contributed by atoms with Crippen LogP contribution < -0.4 is 10.6 Å². The van der Waals surface area contributed by atoms with E-state index in [-0.39, 0.29) is 0 Å². The molecule has 4 unspecified atom stereocenters. The van der Waals surface area contributed by atoms with Crippen molar-refractivity contribution in [3.05, 3.63) is 0 Å². The lowest BCUT2D eigenvalue weighted by atomic mass is 9.74. The molecule has 0 radical (unpaired) electrons. The maximum absolute atomic E-state index is 3.98. The second kappa shape index (κ2) is 8.30. The zero-order chi connectivity index (χ0) is 18.9. The summed E-state index contributed by atoms with van der Waals surface area (Å²) >= 11 is 0.